The molecule has 0 aliphatic rings. The Labute approximate surface area is 126 Å². The second-order valence-electron chi connectivity index (χ2n) is 4.57. The van der Waals surface area contributed by atoms with E-state index in [2.05, 4.69) is 0 Å². The Morgan fingerprint density at radius 3 is 2.50 bits per heavy atom. The van der Waals surface area contributed by atoms with Crippen molar-refractivity contribution in [2.45, 2.75) is 13.5 Å². The van der Waals surface area contributed by atoms with Crippen molar-refractivity contribution in [3.8, 4) is 11.1 Å². The molecule has 0 fully saturated rings. The maximum atomic E-state index is 13.0. The van der Waals surface area contributed by atoms with E-state index in [0.29, 0.717) is 5.56 Å². The average Bonchev–Trinajstić information content (AvgIpc) is 2.50. The zero-order valence-electron chi connectivity index (χ0n) is 12.0. The van der Waals surface area contributed by atoms with Crippen LogP contribution in [0.4, 0.5) is 8.78 Å². The molecule has 0 saturated carbocycles. The maximum absolute atomic E-state index is 13.0. The van der Waals surface area contributed by atoms with Crippen LogP contribution in [-0.2, 0) is 11.3 Å². The molecular formula is C16H15F2NO3. The first-order chi connectivity index (χ1) is 10.6. The molecule has 0 amide bonds. The van der Waals surface area contributed by atoms with E-state index in [0.717, 1.165) is 0 Å². The number of carbonyl (C=O) groups excluding carboxylic acids is 1. The number of ether oxygens (including phenoxy) is 1. The van der Waals surface area contributed by atoms with Gasteiger partial charge in [0, 0.05) is 18.0 Å². The van der Waals surface area contributed by atoms with Crippen molar-refractivity contribution in [3.05, 3.63) is 58.3 Å². The predicted octanol–water partition coefficient (Wildman–Crippen LogP) is 2.80. The number of esters is 1. The van der Waals surface area contributed by atoms with Crippen molar-refractivity contribution in [2.75, 3.05) is 13.3 Å². The zero-order chi connectivity index (χ0) is 16.1. The molecular weight excluding hydrogens is 292 g/mol. The summed E-state index contributed by atoms with van der Waals surface area (Å²) < 4.78 is 31.8. The average molecular weight is 307 g/mol. The van der Waals surface area contributed by atoms with Gasteiger partial charge in [0.05, 0.1) is 13.2 Å². The minimum absolute atomic E-state index is 0.000873. The van der Waals surface area contributed by atoms with Crippen LogP contribution in [0.1, 0.15) is 17.3 Å². The summed E-state index contributed by atoms with van der Waals surface area (Å²) >= 11 is 0. The summed E-state index contributed by atoms with van der Waals surface area (Å²) in [6.07, 6.45) is 2.71. The molecule has 22 heavy (non-hydrogen) atoms. The van der Waals surface area contributed by atoms with Gasteiger partial charge in [-0.25, -0.2) is 13.6 Å². The zero-order valence-corrected chi connectivity index (χ0v) is 12.0. The Balaban J connectivity index is 2.59. The lowest BCUT2D eigenvalue weighted by Gasteiger charge is -2.10. The molecule has 2 aromatic rings. The summed E-state index contributed by atoms with van der Waals surface area (Å²) in [5.41, 5.74) is -0.0542. The molecule has 0 unspecified atom stereocenters. The third-order valence-corrected chi connectivity index (χ3v) is 3.07. The van der Waals surface area contributed by atoms with Gasteiger partial charge in [0.2, 0.25) is 5.43 Å². The number of rotatable bonds is 5. The molecule has 4 nitrogen and oxygen atoms in total. The highest BCUT2D eigenvalue weighted by Crippen LogP contribution is 2.17. The molecule has 0 aliphatic carbocycles. The molecule has 2 rings (SSSR count). The van der Waals surface area contributed by atoms with Crippen molar-refractivity contribution in [1.29, 1.82) is 0 Å². The third-order valence-electron chi connectivity index (χ3n) is 3.07. The highest BCUT2D eigenvalue weighted by Gasteiger charge is 2.17. The Kier molecular flexibility index (Phi) is 5.04. The predicted molar refractivity (Wildman–Crippen MR) is 78.0 cm³/mol. The molecule has 6 heteroatoms. The standard InChI is InChI=1S/C16H15F2NO3/c1-2-22-16(21)14-10-19(8-7-17)9-13(15(14)20)11-3-5-12(18)6-4-11/h3-6,9-10H,2,7-8H2,1H3. The van der Waals surface area contributed by atoms with Gasteiger partial charge in [-0.15, -0.1) is 0 Å². The first kappa shape index (κ1) is 15.9. The summed E-state index contributed by atoms with van der Waals surface area (Å²) in [5.74, 6) is -1.20. The number of halogens is 2. The van der Waals surface area contributed by atoms with Crippen LogP contribution >= 0.6 is 0 Å². The first-order valence-corrected chi connectivity index (χ1v) is 6.80. The number of hydrogen-bond donors (Lipinski definition) is 0. The fourth-order valence-electron chi connectivity index (χ4n) is 2.05. The molecule has 0 atom stereocenters. The number of pyridine rings is 1. The molecule has 0 radical (unpaired) electrons. The van der Waals surface area contributed by atoms with Gasteiger partial charge < -0.3 is 9.30 Å². The summed E-state index contributed by atoms with van der Waals surface area (Å²) in [4.78, 5) is 24.3. The highest BCUT2D eigenvalue weighted by atomic mass is 19.1. The Hall–Kier alpha value is -2.50. The normalized spacial score (nSPS) is 10.5. The quantitative estimate of drug-likeness (QED) is 0.798. The molecule has 0 spiro atoms. The van der Waals surface area contributed by atoms with Gasteiger partial charge in [-0.2, -0.15) is 0 Å². The lowest BCUT2D eigenvalue weighted by atomic mass is 10.0. The van der Waals surface area contributed by atoms with Gasteiger partial charge >= 0.3 is 5.97 Å². The van der Waals surface area contributed by atoms with E-state index in [-0.39, 0.29) is 24.3 Å². The smallest absolute Gasteiger partial charge is 0.343 e. The van der Waals surface area contributed by atoms with Gasteiger partial charge in [0.25, 0.3) is 0 Å². The number of aryl methyl sites for hydroxylation is 1. The number of hydrogen-bond acceptors (Lipinski definition) is 3. The van der Waals surface area contributed by atoms with Crippen molar-refractivity contribution in [3.63, 3.8) is 0 Å². The maximum Gasteiger partial charge on any atom is 0.343 e. The molecule has 116 valence electrons. The van der Waals surface area contributed by atoms with Crippen LogP contribution < -0.4 is 5.43 Å². The van der Waals surface area contributed by atoms with E-state index >= 15 is 0 Å². The Morgan fingerprint density at radius 2 is 1.91 bits per heavy atom. The second kappa shape index (κ2) is 6.98. The van der Waals surface area contributed by atoms with Crippen molar-refractivity contribution in [1.82, 2.24) is 4.57 Å². The van der Waals surface area contributed by atoms with Crippen LogP contribution in [0.15, 0.2) is 41.5 Å². The van der Waals surface area contributed by atoms with E-state index in [9.17, 15) is 18.4 Å². The molecule has 1 aromatic carbocycles. The number of aromatic nitrogens is 1. The highest BCUT2D eigenvalue weighted by molar-refractivity contribution is 5.90. The second-order valence-corrected chi connectivity index (χ2v) is 4.57. The van der Waals surface area contributed by atoms with Gasteiger partial charge in [0.1, 0.15) is 18.1 Å². The van der Waals surface area contributed by atoms with Crippen LogP contribution in [0, 0.1) is 5.82 Å². The number of alkyl halides is 1. The molecule has 0 aliphatic heterocycles. The van der Waals surface area contributed by atoms with Crippen LogP contribution in [0.3, 0.4) is 0 Å². The SMILES string of the molecule is CCOC(=O)c1cn(CCF)cc(-c2ccc(F)cc2)c1=O. The van der Waals surface area contributed by atoms with Crippen molar-refractivity contribution < 1.29 is 18.3 Å². The minimum atomic E-state index is -0.760. The molecule has 0 N–H and O–H groups in total. The fraction of sp³-hybridized carbons (Fsp3) is 0.250. The molecule has 0 saturated heterocycles. The van der Waals surface area contributed by atoms with Crippen LogP contribution in [-0.4, -0.2) is 23.8 Å². The number of nitrogens with zero attached hydrogens (tertiary/aromatic N) is 1. The largest absolute Gasteiger partial charge is 0.462 e. The third kappa shape index (κ3) is 3.39. The molecule has 0 bridgehead atoms. The van der Waals surface area contributed by atoms with Gasteiger partial charge in [0.15, 0.2) is 0 Å². The molecule has 1 aromatic heterocycles. The lowest BCUT2D eigenvalue weighted by molar-refractivity contribution is 0.0523. The van der Waals surface area contributed by atoms with E-state index < -0.39 is 23.9 Å². The minimum Gasteiger partial charge on any atom is -0.462 e. The van der Waals surface area contributed by atoms with Crippen LogP contribution in [0.25, 0.3) is 11.1 Å². The summed E-state index contributed by atoms with van der Waals surface area (Å²) in [6, 6.07) is 5.29. The van der Waals surface area contributed by atoms with Crippen LogP contribution in [0.2, 0.25) is 0 Å². The van der Waals surface area contributed by atoms with E-state index in [1.807, 2.05) is 0 Å². The number of benzene rings is 1. The van der Waals surface area contributed by atoms with Crippen LogP contribution in [0.5, 0.6) is 0 Å². The molecule has 1 heterocycles. The lowest BCUT2D eigenvalue weighted by Crippen LogP contribution is -2.22. The summed E-state index contributed by atoms with van der Waals surface area (Å²) in [7, 11) is 0. The van der Waals surface area contributed by atoms with Gasteiger partial charge in [-0.3, -0.25) is 4.79 Å². The monoisotopic (exact) mass is 307 g/mol. The Bertz CT molecular complexity index is 723. The fourth-order valence-corrected chi connectivity index (χ4v) is 2.05. The topological polar surface area (TPSA) is 48.3 Å². The summed E-state index contributed by atoms with van der Waals surface area (Å²) in [5, 5.41) is 0. The number of carbonyl (C=O) groups is 1. The Morgan fingerprint density at radius 1 is 1.23 bits per heavy atom. The first-order valence-electron chi connectivity index (χ1n) is 6.80. The van der Waals surface area contributed by atoms with Gasteiger partial charge in [-0.05, 0) is 24.6 Å². The van der Waals surface area contributed by atoms with Crippen molar-refractivity contribution >= 4 is 5.97 Å². The van der Waals surface area contributed by atoms with Gasteiger partial charge in [-0.1, -0.05) is 12.1 Å². The van der Waals surface area contributed by atoms with E-state index in [1.165, 1.54) is 41.2 Å². The summed E-state index contributed by atoms with van der Waals surface area (Å²) in [6.45, 7) is 1.11. The van der Waals surface area contributed by atoms with E-state index in [4.69, 9.17) is 4.74 Å². The van der Waals surface area contributed by atoms with E-state index in [1.54, 1.807) is 6.92 Å². The van der Waals surface area contributed by atoms with Crippen molar-refractivity contribution in [2.24, 2.45) is 0 Å².